The van der Waals surface area contributed by atoms with E-state index in [2.05, 4.69) is 92.1 Å². The summed E-state index contributed by atoms with van der Waals surface area (Å²) in [6, 6.07) is -0.641. The van der Waals surface area contributed by atoms with Crippen LogP contribution >= 0.6 is 0 Å². The van der Waals surface area contributed by atoms with Crippen molar-refractivity contribution in [2.45, 2.75) is 321 Å². The second kappa shape index (κ2) is 60.9. The highest BCUT2D eigenvalue weighted by molar-refractivity contribution is 5.76. The van der Waals surface area contributed by atoms with Crippen molar-refractivity contribution in [1.82, 2.24) is 5.32 Å². The number of amides is 1. The van der Waals surface area contributed by atoms with Crippen molar-refractivity contribution in [1.29, 1.82) is 0 Å². The van der Waals surface area contributed by atoms with E-state index in [0.29, 0.717) is 6.42 Å². The number of aliphatic hydroxyl groups is 2. The van der Waals surface area contributed by atoms with Crippen molar-refractivity contribution in [2.24, 2.45) is 0 Å². The topological polar surface area (TPSA) is 69.6 Å². The third-order valence-corrected chi connectivity index (χ3v) is 13.9. The van der Waals surface area contributed by atoms with Crippen LogP contribution in [0.2, 0.25) is 0 Å². The highest BCUT2D eigenvalue weighted by Crippen LogP contribution is 2.17. The molecule has 0 aromatic carbocycles. The molecular weight excluding hydrogens is 855 g/mol. The van der Waals surface area contributed by atoms with Crippen molar-refractivity contribution in [3.8, 4) is 0 Å². The lowest BCUT2D eigenvalue weighted by Crippen LogP contribution is -2.45. The van der Waals surface area contributed by atoms with Gasteiger partial charge in [-0.05, 0) is 77.0 Å². The van der Waals surface area contributed by atoms with Crippen LogP contribution in [0.25, 0.3) is 0 Å². The number of nitrogens with one attached hydrogen (secondary N) is 1. The summed E-state index contributed by atoms with van der Waals surface area (Å²) in [6.45, 7) is 4.20. The molecule has 2 unspecified atom stereocenters. The van der Waals surface area contributed by atoms with E-state index >= 15 is 0 Å². The molecule has 0 aromatic heterocycles. The molecule has 0 radical (unpaired) electrons. The predicted octanol–water partition coefficient (Wildman–Crippen LogP) is 20.7. The number of allylic oxidation sites excluding steroid dienone is 13. The fourth-order valence-electron chi connectivity index (χ4n) is 9.22. The summed E-state index contributed by atoms with van der Waals surface area (Å²) < 4.78 is 0. The number of rotatable bonds is 56. The van der Waals surface area contributed by atoms with E-state index in [9.17, 15) is 15.0 Å². The summed E-state index contributed by atoms with van der Waals surface area (Å²) in [5.41, 5.74) is 0. The molecule has 0 fully saturated rings. The van der Waals surface area contributed by atoms with Gasteiger partial charge in [-0.25, -0.2) is 0 Å². The average molecular weight is 975 g/mol. The number of unbranched alkanes of at least 4 members (excludes halogenated alkanes) is 37. The largest absolute Gasteiger partial charge is 0.394 e. The van der Waals surface area contributed by atoms with Crippen LogP contribution in [0, 0.1) is 0 Å². The Labute approximate surface area is 437 Å². The smallest absolute Gasteiger partial charge is 0.220 e. The minimum absolute atomic E-state index is 0.0703. The molecule has 0 heterocycles. The van der Waals surface area contributed by atoms with Gasteiger partial charge in [-0.1, -0.05) is 311 Å². The van der Waals surface area contributed by atoms with Crippen LogP contribution in [0.3, 0.4) is 0 Å². The number of hydrogen-bond acceptors (Lipinski definition) is 3. The standard InChI is InChI=1S/C66H119NO3/c1-3-5-7-9-11-13-15-17-19-21-23-24-25-26-27-28-29-30-31-32-33-34-35-36-37-38-39-40-41-42-44-46-48-50-52-54-56-58-60-62-66(70)67-64(63-68)65(69)61-59-57-55-53-51-49-47-45-43-22-20-18-16-14-12-10-8-6-4-2/h5,7,11,13,17,19,23-24,26-27,51,53,59,61,64-65,68-69H,3-4,6,8-10,12,14-16,18,20-22,25,28-50,52,54-58,60,62-63H2,1-2H3,(H,67,70)/b7-5-,13-11-,19-17-,24-23-,27-26-,53-51+,61-59+. The zero-order valence-electron chi connectivity index (χ0n) is 46.8. The Balaban J connectivity index is 3.46. The lowest BCUT2D eigenvalue weighted by atomic mass is 10.0. The maximum absolute atomic E-state index is 12.5. The van der Waals surface area contributed by atoms with Gasteiger partial charge in [0.1, 0.15) is 0 Å². The minimum Gasteiger partial charge on any atom is -0.394 e. The first-order valence-corrected chi connectivity index (χ1v) is 30.8. The molecule has 0 aliphatic heterocycles. The number of carbonyl (C=O) groups excluding carboxylic acids is 1. The molecule has 1 amide bonds. The van der Waals surface area contributed by atoms with Crippen molar-refractivity contribution >= 4 is 5.91 Å². The Morgan fingerprint density at radius 3 is 1.00 bits per heavy atom. The SMILES string of the molecule is CC/C=C\C/C=C\C/C=C\C/C=C\C/C=C\CCCCCCCCCCCCCCCCCCCCCCCCCC(=O)NC(CO)C(O)/C=C/CC/C=C/CCCCCCCCCCCCCCC. The van der Waals surface area contributed by atoms with Crippen LogP contribution in [0.5, 0.6) is 0 Å². The Morgan fingerprint density at radius 2 is 0.643 bits per heavy atom. The summed E-state index contributed by atoms with van der Waals surface area (Å²) in [6.07, 6.45) is 89.2. The molecule has 70 heavy (non-hydrogen) atoms. The summed E-state index contributed by atoms with van der Waals surface area (Å²) in [4.78, 5) is 12.5. The third kappa shape index (κ3) is 56.5. The van der Waals surface area contributed by atoms with Crippen molar-refractivity contribution in [2.75, 3.05) is 6.61 Å². The van der Waals surface area contributed by atoms with Gasteiger partial charge in [0, 0.05) is 6.42 Å². The van der Waals surface area contributed by atoms with Gasteiger partial charge in [-0.2, -0.15) is 0 Å². The fourth-order valence-corrected chi connectivity index (χ4v) is 9.22. The molecule has 3 N–H and O–H groups in total. The average Bonchev–Trinajstić information content (AvgIpc) is 3.36. The molecule has 0 saturated carbocycles. The summed E-state index contributed by atoms with van der Waals surface area (Å²) >= 11 is 0. The molecule has 0 aromatic rings. The summed E-state index contributed by atoms with van der Waals surface area (Å²) in [5.74, 6) is -0.0703. The van der Waals surface area contributed by atoms with E-state index in [1.54, 1.807) is 6.08 Å². The van der Waals surface area contributed by atoms with Gasteiger partial charge in [0.05, 0.1) is 18.8 Å². The van der Waals surface area contributed by atoms with E-state index in [0.717, 1.165) is 64.2 Å². The van der Waals surface area contributed by atoms with E-state index in [1.165, 1.54) is 225 Å². The van der Waals surface area contributed by atoms with E-state index < -0.39 is 12.1 Å². The monoisotopic (exact) mass is 974 g/mol. The van der Waals surface area contributed by atoms with E-state index in [-0.39, 0.29) is 12.5 Å². The predicted molar refractivity (Wildman–Crippen MR) is 313 cm³/mol. The summed E-state index contributed by atoms with van der Waals surface area (Å²) in [5, 5.41) is 23.2. The Kier molecular flexibility index (Phi) is 58.8. The second-order valence-corrected chi connectivity index (χ2v) is 20.7. The third-order valence-electron chi connectivity index (χ3n) is 13.9. The maximum atomic E-state index is 12.5. The Bertz CT molecular complexity index is 1240. The van der Waals surface area contributed by atoms with Crippen LogP contribution in [0.15, 0.2) is 85.1 Å². The van der Waals surface area contributed by atoms with Gasteiger partial charge in [-0.3, -0.25) is 4.79 Å². The highest BCUT2D eigenvalue weighted by atomic mass is 16.3. The van der Waals surface area contributed by atoms with Crippen LogP contribution in [0.1, 0.15) is 309 Å². The minimum atomic E-state index is -0.864. The molecule has 0 aliphatic rings. The molecule has 0 aliphatic carbocycles. The molecule has 2 atom stereocenters. The van der Waals surface area contributed by atoms with Gasteiger partial charge >= 0.3 is 0 Å². The molecule has 0 spiro atoms. The number of hydrogen-bond donors (Lipinski definition) is 3. The zero-order valence-corrected chi connectivity index (χ0v) is 46.8. The Hall–Kier alpha value is -2.43. The van der Waals surface area contributed by atoms with Crippen LogP contribution < -0.4 is 5.32 Å². The summed E-state index contributed by atoms with van der Waals surface area (Å²) in [7, 11) is 0. The number of aliphatic hydroxyl groups excluding tert-OH is 2. The molecule has 0 saturated heterocycles. The van der Waals surface area contributed by atoms with Gasteiger partial charge in [0.15, 0.2) is 0 Å². The maximum Gasteiger partial charge on any atom is 0.220 e. The first-order valence-electron chi connectivity index (χ1n) is 30.8. The van der Waals surface area contributed by atoms with Gasteiger partial charge in [-0.15, -0.1) is 0 Å². The normalized spacial score (nSPS) is 13.4. The molecule has 0 rings (SSSR count). The lowest BCUT2D eigenvalue weighted by molar-refractivity contribution is -0.123. The van der Waals surface area contributed by atoms with Crippen LogP contribution in [0.4, 0.5) is 0 Å². The Morgan fingerprint density at radius 1 is 0.357 bits per heavy atom. The fraction of sp³-hybridized carbons (Fsp3) is 0.773. The van der Waals surface area contributed by atoms with E-state index in [1.807, 2.05) is 6.08 Å². The molecule has 4 heteroatoms. The van der Waals surface area contributed by atoms with Crippen LogP contribution in [-0.2, 0) is 4.79 Å². The highest BCUT2D eigenvalue weighted by Gasteiger charge is 2.18. The lowest BCUT2D eigenvalue weighted by Gasteiger charge is -2.19. The van der Waals surface area contributed by atoms with Crippen molar-refractivity contribution < 1.29 is 15.0 Å². The van der Waals surface area contributed by atoms with Gasteiger partial charge < -0.3 is 15.5 Å². The quantitative estimate of drug-likeness (QED) is 0.0420. The van der Waals surface area contributed by atoms with Gasteiger partial charge in [0.2, 0.25) is 5.91 Å². The number of carbonyl (C=O) groups is 1. The van der Waals surface area contributed by atoms with Crippen molar-refractivity contribution in [3.05, 3.63) is 85.1 Å². The van der Waals surface area contributed by atoms with E-state index in [4.69, 9.17) is 0 Å². The van der Waals surface area contributed by atoms with Crippen LogP contribution in [-0.4, -0.2) is 34.9 Å². The molecule has 0 bridgehead atoms. The first-order chi connectivity index (χ1) is 34.7. The molecule has 406 valence electrons. The van der Waals surface area contributed by atoms with Gasteiger partial charge in [0.25, 0.3) is 0 Å². The first kappa shape index (κ1) is 67.6. The molecular formula is C66H119NO3. The second-order valence-electron chi connectivity index (χ2n) is 20.7. The molecule has 4 nitrogen and oxygen atoms in total. The van der Waals surface area contributed by atoms with Crippen molar-refractivity contribution in [3.63, 3.8) is 0 Å². The zero-order chi connectivity index (χ0) is 50.6.